The molecule has 104 valence electrons. The summed E-state index contributed by atoms with van der Waals surface area (Å²) in [6.07, 6.45) is 2.52. The Morgan fingerprint density at radius 2 is 2.32 bits per heavy atom. The van der Waals surface area contributed by atoms with Crippen molar-refractivity contribution in [3.8, 4) is 0 Å². The number of halogens is 1. The molecule has 1 aromatic rings. The predicted molar refractivity (Wildman–Crippen MR) is 86.3 cm³/mol. The van der Waals surface area contributed by atoms with Gasteiger partial charge in [0.1, 0.15) is 4.99 Å². The molecule has 1 saturated heterocycles. The van der Waals surface area contributed by atoms with E-state index in [9.17, 15) is 0 Å². The van der Waals surface area contributed by atoms with Crippen molar-refractivity contribution in [2.45, 2.75) is 18.9 Å². The summed E-state index contributed by atoms with van der Waals surface area (Å²) in [7, 11) is 4.26. The average Bonchev–Trinajstić information content (AvgIpc) is 2.74. The van der Waals surface area contributed by atoms with Crippen LogP contribution in [0.2, 0.25) is 5.02 Å². The van der Waals surface area contributed by atoms with Crippen LogP contribution in [-0.4, -0.2) is 43.1 Å². The first-order chi connectivity index (χ1) is 8.99. The van der Waals surface area contributed by atoms with Crippen molar-refractivity contribution >= 4 is 34.5 Å². The van der Waals surface area contributed by atoms with Crippen LogP contribution in [0.3, 0.4) is 0 Å². The van der Waals surface area contributed by atoms with Crippen molar-refractivity contribution in [1.29, 1.82) is 0 Å². The molecule has 1 aromatic carbocycles. The first-order valence-corrected chi connectivity index (χ1v) is 7.28. The van der Waals surface area contributed by atoms with Gasteiger partial charge in [-0.05, 0) is 44.6 Å². The predicted octanol–water partition coefficient (Wildman–Crippen LogP) is 2.50. The molecule has 1 aliphatic rings. The Morgan fingerprint density at radius 3 is 2.89 bits per heavy atom. The van der Waals surface area contributed by atoms with Gasteiger partial charge in [0.15, 0.2) is 0 Å². The molecule has 1 aliphatic heterocycles. The van der Waals surface area contributed by atoms with Gasteiger partial charge in [0.2, 0.25) is 0 Å². The third-order valence-corrected chi connectivity index (χ3v) is 4.25. The number of hydrogen-bond donors (Lipinski definition) is 1. The third kappa shape index (κ3) is 3.38. The van der Waals surface area contributed by atoms with Crippen LogP contribution >= 0.6 is 23.8 Å². The van der Waals surface area contributed by atoms with Crippen molar-refractivity contribution in [2.75, 3.05) is 32.1 Å². The normalized spacial score (nSPS) is 19.6. The lowest BCUT2D eigenvalue weighted by Crippen LogP contribution is -2.37. The van der Waals surface area contributed by atoms with Gasteiger partial charge in [0, 0.05) is 35.9 Å². The van der Waals surface area contributed by atoms with E-state index in [-0.39, 0.29) is 0 Å². The zero-order valence-corrected chi connectivity index (χ0v) is 13.0. The van der Waals surface area contributed by atoms with Crippen molar-refractivity contribution in [2.24, 2.45) is 5.73 Å². The number of rotatable bonds is 4. The Kier molecular flexibility index (Phi) is 4.66. The lowest BCUT2D eigenvalue weighted by molar-refractivity contribution is 0.314. The van der Waals surface area contributed by atoms with E-state index in [1.54, 1.807) is 0 Å². The molecule has 3 nitrogen and oxygen atoms in total. The van der Waals surface area contributed by atoms with Gasteiger partial charge in [-0.3, -0.25) is 0 Å². The highest BCUT2D eigenvalue weighted by Gasteiger charge is 2.23. The van der Waals surface area contributed by atoms with Crippen LogP contribution in [-0.2, 0) is 0 Å². The van der Waals surface area contributed by atoms with Crippen molar-refractivity contribution in [3.05, 3.63) is 28.8 Å². The molecule has 0 saturated carbocycles. The lowest BCUT2D eigenvalue weighted by atomic mass is 10.1. The number of thiocarbonyl (C=S) groups is 1. The molecule has 19 heavy (non-hydrogen) atoms. The van der Waals surface area contributed by atoms with E-state index in [4.69, 9.17) is 29.6 Å². The number of nitrogens with zero attached hydrogens (tertiary/aromatic N) is 2. The number of benzene rings is 1. The van der Waals surface area contributed by atoms with Gasteiger partial charge in [-0.1, -0.05) is 23.8 Å². The van der Waals surface area contributed by atoms with E-state index in [2.05, 4.69) is 23.9 Å². The molecule has 5 heteroatoms. The molecule has 0 spiro atoms. The maximum absolute atomic E-state index is 6.02. The van der Waals surface area contributed by atoms with Gasteiger partial charge >= 0.3 is 0 Å². The number of hydrogen-bond acceptors (Lipinski definition) is 3. The van der Waals surface area contributed by atoms with Crippen LogP contribution in [0, 0.1) is 0 Å². The van der Waals surface area contributed by atoms with Crippen LogP contribution in [0.5, 0.6) is 0 Å². The smallest absolute Gasteiger partial charge is 0.106 e. The van der Waals surface area contributed by atoms with Crippen LogP contribution in [0.4, 0.5) is 5.69 Å². The summed E-state index contributed by atoms with van der Waals surface area (Å²) in [5, 5.41) is 0.665. The molecule has 1 heterocycles. The molecular weight excluding hydrogens is 278 g/mol. The highest BCUT2D eigenvalue weighted by Crippen LogP contribution is 2.25. The molecule has 1 unspecified atom stereocenters. The number of likely N-dealkylation sites (N-methyl/N-ethyl adjacent to an activating group) is 2. The largest absolute Gasteiger partial charge is 0.389 e. The van der Waals surface area contributed by atoms with Crippen LogP contribution < -0.4 is 10.6 Å². The average molecular weight is 298 g/mol. The van der Waals surface area contributed by atoms with E-state index < -0.39 is 0 Å². The van der Waals surface area contributed by atoms with Gasteiger partial charge in [0.05, 0.1) is 0 Å². The Balaban J connectivity index is 2.18. The van der Waals surface area contributed by atoms with E-state index in [1.165, 1.54) is 19.4 Å². The fourth-order valence-corrected chi connectivity index (χ4v) is 3.00. The van der Waals surface area contributed by atoms with Crippen molar-refractivity contribution in [1.82, 2.24) is 4.90 Å². The van der Waals surface area contributed by atoms with Crippen LogP contribution in [0.25, 0.3) is 0 Å². The van der Waals surface area contributed by atoms with Gasteiger partial charge in [-0.15, -0.1) is 0 Å². The van der Waals surface area contributed by atoms with E-state index in [1.807, 2.05) is 18.2 Å². The summed E-state index contributed by atoms with van der Waals surface area (Å²) in [6.45, 7) is 2.16. The van der Waals surface area contributed by atoms with Crippen LogP contribution in [0.15, 0.2) is 18.2 Å². The summed E-state index contributed by atoms with van der Waals surface area (Å²) < 4.78 is 0. The fraction of sp³-hybridized carbons (Fsp3) is 0.500. The molecule has 2 N–H and O–H groups in total. The molecule has 0 aliphatic carbocycles. The van der Waals surface area contributed by atoms with Gasteiger partial charge in [-0.25, -0.2) is 0 Å². The quantitative estimate of drug-likeness (QED) is 0.866. The zero-order valence-electron chi connectivity index (χ0n) is 11.4. The second-order valence-corrected chi connectivity index (χ2v) is 6.06. The highest BCUT2D eigenvalue weighted by molar-refractivity contribution is 7.80. The maximum atomic E-state index is 6.02. The Labute approximate surface area is 125 Å². The number of likely N-dealkylation sites (tertiary alicyclic amines) is 1. The summed E-state index contributed by atoms with van der Waals surface area (Å²) in [4.78, 5) is 5.02. The van der Waals surface area contributed by atoms with E-state index in [0.29, 0.717) is 16.1 Å². The Bertz CT molecular complexity index is 478. The second-order valence-electron chi connectivity index (χ2n) is 5.18. The summed E-state index contributed by atoms with van der Waals surface area (Å²) in [6, 6.07) is 6.31. The monoisotopic (exact) mass is 297 g/mol. The molecule has 1 atom stereocenters. The molecule has 0 aromatic heterocycles. The van der Waals surface area contributed by atoms with E-state index >= 15 is 0 Å². The topological polar surface area (TPSA) is 32.5 Å². The lowest BCUT2D eigenvalue weighted by Gasteiger charge is -2.28. The Morgan fingerprint density at radius 1 is 1.58 bits per heavy atom. The molecule has 1 fully saturated rings. The second kappa shape index (κ2) is 6.07. The molecule has 0 radical (unpaired) electrons. The zero-order chi connectivity index (χ0) is 14.0. The minimum absolute atomic E-state index is 0.393. The minimum atomic E-state index is 0.393. The van der Waals surface area contributed by atoms with Crippen molar-refractivity contribution < 1.29 is 0 Å². The van der Waals surface area contributed by atoms with Gasteiger partial charge in [-0.2, -0.15) is 0 Å². The standard InChI is InChI=1S/C14H20ClN3S/c1-17-7-3-4-11(17)9-18(2)13-6-5-10(15)8-12(13)14(16)19/h5-6,8,11H,3-4,7,9H2,1-2H3,(H2,16,19). The third-order valence-electron chi connectivity index (χ3n) is 3.79. The van der Waals surface area contributed by atoms with Crippen LogP contribution in [0.1, 0.15) is 18.4 Å². The SMILES string of the molecule is CN(CC1CCCN1C)c1ccc(Cl)cc1C(N)=S. The minimum Gasteiger partial charge on any atom is -0.389 e. The fourth-order valence-electron chi connectivity index (χ4n) is 2.66. The molecular formula is C14H20ClN3S. The van der Waals surface area contributed by atoms with E-state index in [0.717, 1.165) is 17.8 Å². The molecule has 0 amide bonds. The maximum Gasteiger partial charge on any atom is 0.106 e. The Hall–Kier alpha value is -0.840. The van der Waals surface area contributed by atoms with Crippen molar-refractivity contribution in [3.63, 3.8) is 0 Å². The summed E-state index contributed by atoms with van der Waals surface area (Å²) >= 11 is 11.1. The molecule has 2 rings (SSSR count). The highest BCUT2D eigenvalue weighted by atomic mass is 35.5. The number of nitrogens with two attached hydrogens (primary N) is 1. The molecule has 0 bridgehead atoms. The van der Waals surface area contributed by atoms with Gasteiger partial charge in [0.25, 0.3) is 0 Å². The number of anilines is 1. The first kappa shape index (κ1) is 14.6. The summed E-state index contributed by atoms with van der Waals surface area (Å²) in [5.41, 5.74) is 7.70. The van der Waals surface area contributed by atoms with Gasteiger partial charge < -0.3 is 15.5 Å². The first-order valence-electron chi connectivity index (χ1n) is 6.50. The summed E-state index contributed by atoms with van der Waals surface area (Å²) in [5.74, 6) is 0.